The lowest BCUT2D eigenvalue weighted by atomic mass is 10.2. The summed E-state index contributed by atoms with van der Waals surface area (Å²) in [6.07, 6.45) is 0. The second-order valence-corrected chi connectivity index (χ2v) is 7.34. The molecule has 0 aliphatic heterocycles. The number of carbonyl (C=O) groups excluding carboxylic acids is 2. The predicted molar refractivity (Wildman–Crippen MR) is 107 cm³/mol. The summed E-state index contributed by atoms with van der Waals surface area (Å²) in [7, 11) is 1.31. The Morgan fingerprint density at radius 3 is 2.67 bits per heavy atom. The zero-order valence-electron chi connectivity index (χ0n) is 14.7. The van der Waals surface area contributed by atoms with E-state index in [9.17, 15) is 14.4 Å². The first-order valence-electron chi connectivity index (χ1n) is 8.12. The van der Waals surface area contributed by atoms with Crippen molar-refractivity contribution in [3.05, 3.63) is 51.6 Å². The van der Waals surface area contributed by atoms with Crippen LogP contribution in [0.2, 0.25) is 0 Å². The van der Waals surface area contributed by atoms with Crippen molar-refractivity contribution in [3.8, 4) is 0 Å². The number of hydrogen-bond acceptors (Lipinski definition) is 7. The van der Waals surface area contributed by atoms with Gasteiger partial charge in [-0.25, -0.2) is 9.78 Å². The van der Waals surface area contributed by atoms with Crippen LogP contribution in [0.4, 0.5) is 5.69 Å². The third-order valence-electron chi connectivity index (χ3n) is 3.77. The summed E-state index contributed by atoms with van der Waals surface area (Å²) in [5.41, 5.74) is 1.54. The number of hydrogen-bond donors (Lipinski definition) is 1. The zero-order chi connectivity index (χ0) is 19.4. The van der Waals surface area contributed by atoms with Crippen LogP contribution in [0.3, 0.4) is 0 Å². The zero-order valence-corrected chi connectivity index (χ0v) is 16.4. The van der Waals surface area contributed by atoms with E-state index in [1.807, 2.05) is 12.3 Å². The molecule has 0 aliphatic rings. The topological polar surface area (TPSA) is 90.3 Å². The van der Waals surface area contributed by atoms with Gasteiger partial charge in [0.05, 0.1) is 23.9 Å². The number of rotatable bonds is 6. The van der Waals surface area contributed by atoms with Gasteiger partial charge in [0.1, 0.15) is 4.70 Å². The number of anilines is 1. The van der Waals surface area contributed by atoms with Crippen LogP contribution < -0.4 is 10.9 Å². The van der Waals surface area contributed by atoms with Gasteiger partial charge < -0.3 is 10.1 Å². The van der Waals surface area contributed by atoms with Gasteiger partial charge in [0.15, 0.2) is 5.16 Å². The maximum atomic E-state index is 12.5. The highest BCUT2D eigenvalue weighted by molar-refractivity contribution is 7.99. The standard InChI is InChI=1S/C18H17N3O4S2/c1-3-21-16(23)15-13(8-9-26-15)20-18(21)27-10-14(22)19-12-6-4-11(5-7-12)17(24)25-2/h4-9H,3,10H2,1-2H3,(H,19,22). The van der Waals surface area contributed by atoms with Crippen LogP contribution in [0.1, 0.15) is 17.3 Å². The monoisotopic (exact) mass is 403 g/mol. The lowest BCUT2D eigenvalue weighted by Gasteiger charge is -2.10. The van der Waals surface area contributed by atoms with Gasteiger partial charge in [0.25, 0.3) is 5.56 Å². The number of ether oxygens (including phenoxy) is 1. The van der Waals surface area contributed by atoms with E-state index in [1.165, 1.54) is 30.2 Å². The first-order chi connectivity index (χ1) is 13.0. The Balaban J connectivity index is 1.68. The molecule has 1 aromatic carbocycles. The molecule has 0 atom stereocenters. The molecule has 2 aromatic heterocycles. The molecule has 0 aliphatic carbocycles. The molecule has 0 radical (unpaired) electrons. The molecule has 3 rings (SSSR count). The molecule has 0 fully saturated rings. The molecule has 1 amide bonds. The molecule has 1 N–H and O–H groups in total. The van der Waals surface area contributed by atoms with E-state index < -0.39 is 5.97 Å². The highest BCUT2D eigenvalue weighted by Gasteiger charge is 2.13. The van der Waals surface area contributed by atoms with Crippen LogP contribution in [-0.2, 0) is 16.1 Å². The van der Waals surface area contributed by atoms with E-state index in [-0.39, 0.29) is 17.2 Å². The maximum Gasteiger partial charge on any atom is 0.337 e. The third-order valence-corrected chi connectivity index (χ3v) is 5.64. The van der Waals surface area contributed by atoms with Crippen LogP contribution in [0, 0.1) is 0 Å². The summed E-state index contributed by atoms with van der Waals surface area (Å²) in [6.45, 7) is 2.36. The number of aromatic nitrogens is 2. The number of carbonyl (C=O) groups is 2. The Labute approximate surface area is 163 Å². The summed E-state index contributed by atoms with van der Waals surface area (Å²) in [6, 6.07) is 8.22. The number of fused-ring (bicyclic) bond motifs is 1. The Bertz CT molecular complexity index is 1040. The van der Waals surface area contributed by atoms with Gasteiger partial charge in [-0.05, 0) is 42.6 Å². The minimum atomic E-state index is -0.434. The minimum absolute atomic E-state index is 0.0844. The lowest BCUT2D eigenvalue weighted by Crippen LogP contribution is -2.22. The second kappa shape index (κ2) is 8.36. The molecule has 0 bridgehead atoms. The molecule has 27 heavy (non-hydrogen) atoms. The van der Waals surface area contributed by atoms with Gasteiger partial charge in [-0.3, -0.25) is 14.2 Å². The molecule has 7 nitrogen and oxygen atoms in total. The fourth-order valence-corrected chi connectivity index (χ4v) is 4.09. The fraction of sp³-hybridized carbons (Fsp3) is 0.222. The van der Waals surface area contributed by atoms with Crippen molar-refractivity contribution in [2.75, 3.05) is 18.2 Å². The van der Waals surface area contributed by atoms with Crippen LogP contribution in [0.25, 0.3) is 10.2 Å². The van der Waals surface area contributed by atoms with E-state index in [1.54, 1.807) is 34.9 Å². The number of benzene rings is 1. The van der Waals surface area contributed by atoms with Crippen molar-refractivity contribution in [1.29, 1.82) is 0 Å². The number of thiophene rings is 1. The predicted octanol–water partition coefficient (Wildman–Crippen LogP) is 3.00. The molecular formula is C18H17N3O4S2. The van der Waals surface area contributed by atoms with E-state index in [0.29, 0.717) is 33.2 Å². The van der Waals surface area contributed by atoms with Crippen molar-refractivity contribution < 1.29 is 14.3 Å². The maximum absolute atomic E-state index is 12.5. The normalized spacial score (nSPS) is 10.7. The van der Waals surface area contributed by atoms with Crippen LogP contribution >= 0.6 is 23.1 Å². The highest BCUT2D eigenvalue weighted by atomic mass is 32.2. The van der Waals surface area contributed by atoms with Gasteiger partial charge in [-0.2, -0.15) is 0 Å². The van der Waals surface area contributed by atoms with Crippen LogP contribution in [-0.4, -0.2) is 34.3 Å². The van der Waals surface area contributed by atoms with Gasteiger partial charge >= 0.3 is 5.97 Å². The van der Waals surface area contributed by atoms with E-state index in [2.05, 4.69) is 15.0 Å². The number of methoxy groups -OCH3 is 1. The first kappa shape index (κ1) is 19.1. The largest absolute Gasteiger partial charge is 0.465 e. The highest BCUT2D eigenvalue weighted by Crippen LogP contribution is 2.21. The summed E-state index contributed by atoms with van der Waals surface area (Å²) in [5.74, 6) is -0.551. The SMILES string of the molecule is CCn1c(SCC(=O)Nc2ccc(C(=O)OC)cc2)nc2ccsc2c1=O. The second-order valence-electron chi connectivity index (χ2n) is 5.48. The Morgan fingerprint density at radius 1 is 1.26 bits per heavy atom. The number of thioether (sulfide) groups is 1. The van der Waals surface area contributed by atoms with Gasteiger partial charge in [0.2, 0.25) is 5.91 Å². The van der Waals surface area contributed by atoms with E-state index >= 15 is 0 Å². The van der Waals surface area contributed by atoms with Crippen molar-refractivity contribution in [3.63, 3.8) is 0 Å². The minimum Gasteiger partial charge on any atom is -0.465 e. The van der Waals surface area contributed by atoms with Crippen LogP contribution in [0.15, 0.2) is 45.7 Å². The smallest absolute Gasteiger partial charge is 0.337 e. The van der Waals surface area contributed by atoms with Crippen molar-refractivity contribution in [2.45, 2.75) is 18.6 Å². The molecule has 140 valence electrons. The quantitative estimate of drug-likeness (QED) is 0.387. The first-order valence-corrected chi connectivity index (χ1v) is 9.99. The fourth-order valence-electron chi connectivity index (χ4n) is 2.45. The number of esters is 1. The molecule has 0 saturated heterocycles. The van der Waals surface area contributed by atoms with Crippen molar-refractivity contribution in [2.24, 2.45) is 0 Å². The van der Waals surface area contributed by atoms with Gasteiger partial charge in [-0.15, -0.1) is 11.3 Å². The molecule has 3 aromatic rings. The van der Waals surface area contributed by atoms with Crippen LogP contribution in [0.5, 0.6) is 0 Å². The Hall–Kier alpha value is -2.65. The average Bonchev–Trinajstić information content (AvgIpc) is 3.15. The molecule has 2 heterocycles. The number of nitrogens with one attached hydrogen (secondary N) is 1. The molecule has 9 heteroatoms. The summed E-state index contributed by atoms with van der Waals surface area (Å²) in [4.78, 5) is 40.6. The third kappa shape index (κ3) is 4.20. The van der Waals surface area contributed by atoms with Gasteiger partial charge in [-0.1, -0.05) is 11.8 Å². The van der Waals surface area contributed by atoms with Gasteiger partial charge in [0, 0.05) is 12.2 Å². The summed E-state index contributed by atoms with van der Waals surface area (Å²) < 4.78 is 6.83. The molecular weight excluding hydrogens is 386 g/mol. The Morgan fingerprint density at radius 2 is 2.00 bits per heavy atom. The van der Waals surface area contributed by atoms with E-state index in [0.717, 1.165) is 0 Å². The molecule has 0 unspecified atom stereocenters. The average molecular weight is 403 g/mol. The van der Waals surface area contributed by atoms with Crippen molar-refractivity contribution in [1.82, 2.24) is 9.55 Å². The molecule has 0 spiro atoms. The summed E-state index contributed by atoms with van der Waals surface area (Å²) >= 11 is 2.58. The van der Waals surface area contributed by atoms with E-state index in [4.69, 9.17) is 0 Å². The number of nitrogens with zero attached hydrogens (tertiary/aromatic N) is 2. The van der Waals surface area contributed by atoms with Crippen molar-refractivity contribution >= 4 is 50.9 Å². The number of amides is 1. The molecule has 0 saturated carbocycles. The lowest BCUT2D eigenvalue weighted by molar-refractivity contribution is -0.113. The summed E-state index contributed by atoms with van der Waals surface area (Å²) in [5, 5.41) is 5.11. The Kier molecular flexibility index (Phi) is 5.92.